The molecule has 0 fully saturated rings. The topological polar surface area (TPSA) is 20.2 Å². The second-order valence-corrected chi connectivity index (χ2v) is 7.05. The maximum Gasteiger partial charge on any atom is 0.123 e. The highest BCUT2D eigenvalue weighted by atomic mass is 127. The molecule has 1 unspecified atom stereocenters. The van der Waals surface area contributed by atoms with Crippen molar-refractivity contribution in [1.82, 2.24) is 0 Å². The van der Waals surface area contributed by atoms with E-state index in [9.17, 15) is 9.50 Å². The summed E-state index contributed by atoms with van der Waals surface area (Å²) in [4.78, 5) is 0. The van der Waals surface area contributed by atoms with Crippen molar-refractivity contribution in [2.24, 2.45) is 0 Å². The van der Waals surface area contributed by atoms with Gasteiger partial charge in [-0.15, -0.1) is 0 Å². The zero-order valence-corrected chi connectivity index (χ0v) is 15.0. The summed E-state index contributed by atoms with van der Waals surface area (Å²) in [6, 6.07) is 10.2. The lowest BCUT2D eigenvalue weighted by molar-refractivity contribution is 0.177. The van der Waals surface area contributed by atoms with Crippen LogP contribution in [-0.2, 0) is 6.42 Å². The highest BCUT2D eigenvalue weighted by Gasteiger charge is 2.14. The normalized spacial score (nSPS) is 12.5. The van der Waals surface area contributed by atoms with Crippen molar-refractivity contribution < 1.29 is 9.50 Å². The van der Waals surface area contributed by atoms with Crippen LogP contribution in [0.5, 0.6) is 0 Å². The molecule has 0 aliphatic heterocycles. The maximum atomic E-state index is 13.2. The van der Waals surface area contributed by atoms with Crippen molar-refractivity contribution in [1.29, 1.82) is 0 Å². The van der Waals surface area contributed by atoms with Crippen molar-refractivity contribution >= 4 is 54.5 Å². The van der Waals surface area contributed by atoms with E-state index in [1.807, 2.05) is 18.2 Å². The number of hydrogen-bond donors (Lipinski definition) is 1. The third-order valence-corrected chi connectivity index (χ3v) is 4.99. The smallest absolute Gasteiger partial charge is 0.123 e. The molecule has 0 saturated heterocycles. The van der Waals surface area contributed by atoms with Crippen molar-refractivity contribution in [3.8, 4) is 0 Å². The van der Waals surface area contributed by atoms with Crippen molar-refractivity contribution in [2.45, 2.75) is 12.5 Å². The van der Waals surface area contributed by atoms with E-state index in [0.717, 1.165) is 23.6 Å². The van der Waals surface area contributed by atoms with Crippen LogP contribution in [-0.4, -0.2) is 5.11 Å². The molecule has 19 heavy (non-hydrogen) atoms. The van der Waals surface area contributed by atoms with E-state index in [1.54, 1.807) is 6.07 Å². The Hall–Kier alpha value is 0.0200. The minimum Gasteiger partial charge on any atom is -0.388 e. The molecule has 2 aromatic carbocycles. The third kappa shape index (κ3) is 4.00. The molecule has 0 aromatic heterocycles. The molecule has 0 saturated carbocycles. The van der Waals surface area contributed by atoms with Gasteiger partial charge in [-0.3, -0.25) is 0 Å². The Morgan fingerprint density at radius 1 is 1.16 bits per heavy atom. The van der Waals surface area contributed by atoms with Crippen molar-refractivity contribution in [2.75, 3.05) is 0 Å². The van der Waals surface area contributed by atoms with Gasteiger partial charge in [-0.05, 0) is 70.1 Å². The number of hydrogen-bond acceptors (Lipinski definition) is 1. The van der Waals surface area contributed by atoms with Crippen LogP contribution in [0.4, 0.5) is 4.39 Å². The summed E-state index contributed by atoms with van der Waals surface area (Å²) in [5.74, 6) is -0.297. The van der Waals surface area contributed by atoms with Gasteiger partial charge in [0.25, 0.3) is 0 Å². The van der Waals surface area contributed by atoms with Crippen LogP contribution in [0.15, 0.2) is 45.3 Å². The summed E-state index contributed by atoms with van der Waals surface area (Å²) in [6.07, 6.45) is -0.298. The molecule has 2 aromatic rings. The molecule has 0 amide bonds. The Balaban J connectivity index is 2.27. The first kappa shape index (κ1) is 15.4. The first-order valence-electron chi connectivity index (χ1n) is 5.54. The Morgan fingerprint density at radius 3 is 2.63 bits per heavy atom. The van der Waals surface area contributed by atoms with Gasteiger partial charge in [0.05, 0.1) is 6.10 Å². The summed E-state index contributed by atoms with van der Waals surface area (Å²) in [7, 11) is 0. The molecular weight excluding hydrogens is 490 g/mol. The van der Waals surface area contributed by atoms with E-state index in [1.165, 1.54) is 12.1 Å². The largest absolute Gasteiger partial charge is 0.388 e. The Kier molecular flexibility index (Phi) is 5.39. The molecule has 0 heterocycles. The average Bonchev–Trinajstić information content (AvgIpc) is 2.36. The van der Waals surface area contributed by atoms with Crippen LogP contribution in [0.3, 0.4) is 0 Å². The van der Waals surface area contributed by atoms with E-state index < -0.39 is 6.10 Å². The average molecular weight is 500 g/mol. The van der Waals surface area contributed by atoms with Crippen molar-refractivity contribution in [3.63, 3.8) is 0 Å². The van der Waals surface area contributed by atoms with Gasteiger partial charge >= 0.3 is 0 Å². The van der Waals surface area contributed by atoms with Gasteiger partial charge in [0.2, 0.25) is 0 Å². The fourth-order valence-electron chi connectivity index (χ4n) is 1.79. The van der Waals surface area contributed by atoms with E-state index >= 15 is 0 Å². The molecule has 1 atom stereocenters. The Bertz CT molecular complexity index is 604. The number of halogens is 4. The first-order valence-corrected chi connectivity index (χ1v) is 8.21. The number of aliphatic hydroxyl groups excluding tert-OH is 1. The third-order valence-electron chi connectivity index (χ3n) is 2.74. The van der Waals surface area contributed by atoms with E-state index in [0.29, 0.717) is 6.42 Å². The molecule has 1 nitrogen and oxygen atoms in total. The Labute approximate surface area is 141 Å². The van der Waals surface area contributed by atoms with E-state index in [-0.39, 0.29) is 5.82 Å². The second kappa shape index (κ2) is 6.65. The van der Waals surface area contributed by atoms with Crippen LogP contribution in [0, 0.1) is 9.39 Å². The fourth-order valence-corrected chi connectivity index (χ4v) is 3.27. The van der Waals surface area contributed by atoms with Gasteiger partial charge in [-0.1, -0.05) is 31.9 Å². The standard InChI is InChI=1S/C14H10Br2FIO/c15-9-1-4-13(18)11(7-9)14(19)6-8-5-10(17)2-3-12(8)16/h1-5,7,14,19H,6H2. The minimum atomic E-state index is -0.664. The highest BCUT2D eigenvalue weighted by Crippen LogP contribution is 2.29. The lowest BCUT2D eigenvalue weighted by atomic mass is 10.0. The van der Waals surface area contributed by atoms with E-state index in [4.69, 9.17) is 0 Å². The molecule has 1 N–H and O–H groups in total. The second-order valence-electron chi connectivity index (χ2n) is 4.12. The van der Waals surface area contributed by atoms with Gasteiger partial charge in [0, 0.05) is 18.9 Å². The van der Waals surface area contributed by atoms with Gasteiger partial charge in [-0.2, -0.15) is 0 Å². The molecule has 100 valence electrons. The van der Waals surface area contributed by atoms with Gasteiger partial charge in [0.1, 0.15) is 5.82 Å². The first-order chi connectivity index (χ1) is 8.97. The molecule has 0 radical (unpaired) electrons. The fraction of sp³-hybridized carbons (Fsp3) is 0.143. The summed E-state index contributed by atoms with van der Waals surface area (Å²) in [6.45, 7) is 0. The molecule has 2 rings (SSSR count). The van der Waals surface area contributed by atoms with Crippen LogP contribution in [0.25, 0.3) is 0 Å². The maximum absolute atomic E-state index is 13.2. The van der Waals surface area contributed by atoms with Crippen molar-refractivity contribution in [3.05, 3.63) is 65.9 Å². The zero-order chi connectivity index (χ0) is 14.0. The quantitative estimate of drug-likeness (QED) is 0.573. The molecule has 0 bridgehead atoms. The van der Waals surface area contributed by atoms with E-state index in [2.05, 4.69) is 54.5 Å². The minimum absolute atomic E-state index is 0.297. The number of benzene rings is 2. The molecule has 0 spiro atoms. The Morgan fingerprint density at radius 2 is 1.89 bits per heavy atom. The summed E-state index contributed by atoms with van der Waals surface area (Å²) >= 11 is 8.95. The predicted octanol–water partition coefficient (Wildman–Crippen LogP) is 5.23. The predicted molar refractivity (Wildman–Crippen MR) is 89.6 cm³/mol. The zero-order valence-electron chi connectivity index (χ0n) is 9.71. The summed E-state index contributed by atoms with van der Waals surface area (Å²) in [5, 5.41) is 10.3. The highest BCUT2D eigenvalue weighted by molar-refractivity contribution is 14.1. The molecular formula is C14H10Br2FIO. The molecule has 0 aliphatic carbocycles. The lowest BCUT2D eigenvalue weighted by Crippen LogP contribution is -2.05. The van der Waals surface area contributed by atoms with Gasteiger partial charge in [0.15, 0.2) is 0 Å². The van der Waals surface area contributed by atoms with Crippen LogP contribution in [0.2, 0.25) is 0 Å². The van der Waals surface area contributed by atoms with Crippen LogP contribution >= 0.6 is 54.5 Å². The SMILES string of the molecule is OC(Cc1cc(F)ccc1Br)c1cc(Br)ccc1I. The van der Waals surface area contributed by atoms with Crippen LogP contribution < -0.4 is 0 Å². The van der Waals surface area contributed by atoms with Crippen LogP contribution in [0.1, 0.15) is 17.2 Å². The van der Waals surface area contributed by atoms with Gasteiger partial charge in [-0.25, -0.2) is 4.39 Å². The monoisotopic (exact) mass is 498 g/mol. The summed E-state index contributed by atoms with van der Waals surface area (Å²) < 4.78 is 15.9. The number of aliphatic hydroxyl groups is 1. The molecule has 5 heteroatoms. The summed E-state index contributed by atoms with van der Waals surface area (Å²) in [5.41, 5.74) is 1.59. The van der Waals surface area contributed by atoms with Gasteiger partial charge < -0.3 is 5.11 Å². The molecule has 0 aliphatic rings. The number of rotatable bonds is 3. The lowest BCUT2D eigenvalue weighted by Gasteiger charge is -2.14.